The summed E-state index contributed by atoms with van der Waals surface area (Å²) in [5.41, 5.74) is 1.63. The lowest BCUT2D eigenvalue weighted by Gasteiger charge is -2.18. The number of ether oxygens (including phenoxy) is 1. The summed E-state index contributed by atoms with van der Waals surface area (Å²) in [6.45, 7) is 0.163. The van der Waals surface area contributed by atoms with Gasteiger partial charge in [-0.3, -0.25) is 4.79 Å². The van der Waals surface area contributed by atoms with Crippen LogP contribution in [0.3, 0.4) is 0 Å². The van der Waals surface area contributed by atoms with Gasteiger partial charge in [-0.1, -0.05) is 28.1 Å². The van der Waals surface area contributed by atoms with Crippen molar-refractivity contribution < 1.29 is 31.1 Å². The molecule has 0 amide bonds. The molecular weight excluding hydrogens is 475 g/mol. The van der Waals surface area contributed by atoms with E-state index in [-0.39, 0.29) is 11.1 Å². The lowest BCUT2D eigenvalue weighted by atomic mass is 9.91. The second-order valence-corrected chi connectivity index (χ2v) is 8.77. The van der Waals surface area contributed by atoms with Gasteiger partial charge in [-0.05, 0) is 61.1 Å². The number of carbonyl (C=O) groups excluding carboxylic acids is 1. The molecule has 2 aromatic rings. The van der Waals surface area contributed by atoms with Crippen molar-refractivity contribution in [2.24, 2.45) is 5.14 Å². The van der Waals surface area contributed by atoms with Gasteiger partial charge in [0.15, 0.2) is 6.29 Å². The van der Waals surface area contributed by atoms with Crippen molar-refractivity contribution in [1.82, 2.24) is 0 Å². The Morgan fingerprint density at radius 3 is 2.45 bits per heavy atom. The van der Waals surface area contributed by atoms with Gasteiger partial charge in [-0.2, -0.15) is 13.2 Å². The van der Waals surface area contributed by atoms with E-state index in [4.69, 9.17) is 9.88 Å². The SMILES string of the molecule is NS(=O)(=O)c1cc(Br)cc(C(F)(F)F)c1.O=CCOc1cccc2c1CCCC2. The lowest BCUT2D eigenvalue weighted by molar-refractivity contribution is -0.137. The van der Waals surface area contributed by atoms with E-state index < -0.39 is 26.7 Å². The van der Waals surface area contributed by atoms with Crippen LogP contribution in [0.15, 0.2) is 45.8 Å². The molecule has 0 radical (unpaired) electrons. The maximum absolute atomic E-state index is 12.3. The monoisotopic (exact) mass is 493 g/mol. The van der Waals surface area contributed by atoms with Crippen molar-refractivity contribution in [2.45, 2.75) is 36.8 Å². The van der Waals surface area contributed by atoms with E-state index in [1.807, 2.05) is 12.1 Å². The first-order valence-electron chi connectivity index (χ1n) is 8.60. The maximum atomic E-state index is 12.3. The van der Waals surface area contributed by atoms with Gasteiger partial charge in [0.05, 0.1) is 10.5 Å². The number of benzene rings is 2. The fourth-order valence-corrected chi connectivity index (χ4v) is 4.12. The second-order valence-electron chi connectivity index (χ2n) is 6.30. The molecule has 0 heterocycles. The summed E-state index contributed by atoms with van der Waals surface area (Å²) in [5.74, 6) is 0.898. The first kappa shape index (κ1) is 23.4. The fourth-order valence-electron chi connectivity index (χ4n) is 2.90. The van der Waals surface area contributed by atoms with Crippen LogP contribution >= 0.6 is 15.9 Å². The molecule has 158 valence electrons. The molecular formula is C19H19BrF3NO4S. The molecule has 0 unspecified atom stereocenters. The van der Waals surface area contributed by atoms with Crippen LogP contribution in [-0.4, -0.2) is 21.3 Å². The number of primary sulfonamides is 1. The molecule has 3 rings (SSSR count). The van der Waals surface area contributed by atoms with E-state index in [2.05, 4.69) is 22.0 Å². The van der Waals surface area contributed by atoms with Crippen LogP contribution in [0.25, 0.3) is 0 Å². The number of fused-ring (bicyclic) bond motifs is 1. The molecule has 0 fully saturated rings. The molecule has 29 heavy (non-hydrogen) atoms. The molecule has 1 aliphatic rings. The van der Waals surface area contributed by atoms with E-state index in [0.717, 1.165) is 37.0 Å². The molecule has 0 aliphatic heterocycles. The number of hydrogen-bond acceptors (Lipinski definition) is 4. The van der Waals surface area contributed by atoms with E-state index >= 15 is 0 Å². The van der Waals surface area contributed by atoms with Crippen LogP contribution in [0.1, 0.15) is 29.5 Å². The highest BCUT2D eigenvalue weighted by molar-refractivity contribution is 9.10. The third kappa shape index (κ3) is 6.83. The smallest absolute Gasteiger partial charge is 0.416 e. The highest BCUT2D eigenvalue weighted by Gasteiger charge is 2.32. The fraction of sp³-hybridized carbons (Fsp3) is 0.316. The number of rotatable bonds is 4. The highest BCUT2D eigenvalue weighted by atomic mass is 79.9. The number of carbonyl (C=O) groups is 1. The van der Waals surface area contributed by atoms with E-state index in [0.29, 0.717) is 6.07 Å². The summed E-state index contributed by atoms with van der Waals surface area (Å²) in [5, 5.41) is 4.72. The van der Waals surface area contributed by atoms with Crippen molar-refractivity contribution >= 4 is 32.2 Å². The minimum atomic E-state index is -4.61. The Hall–Kier alpha value is -1.91. The number of hydrogen-bond donors (Lipinski definition) is 1. The lowest BCUT2D eigenvalue weighted by Crippen LogP contribution is -2.14. The van der Waals surface area contributed by atoms with Crippen LogP contribution in [0.4, 0.5) is 13.2 Å². The number of sulfonamides is 1. The molecule has 5 nitrogen and oxygen atoms in total. The molecule has 0 atom stereocenters. The molecule has 2 aromatic carbocycles. The molecule has 1 aliphatic carbocycles. The predicted octanol–water partition coefficient (Wildman–Crippen LogP) is 4.26. The predicted molar refractivity (Wildman–Crippen MR) is 105 cm³/mol. The molecule has 0 spiro atoms. The van der Waals surface area contributed by atoms with Gasteiger partial charge < -0.3 is 4.74 Å². The number of nitrogens with two attached hydrogens (primary N) is 1. The zero-order chi connectivity index (χ0) is 21.7. The number of aldehydes is 1. The summed E-state index contributed by atoms with van der Waals surface area (Å²) in [4.78, 5) is 9.64. The van der Waals surface area contributed by atoms with E-state index in [1.54, 1.807) is 0 Å². The van der Waals surface area contributed by atoms with Crippen molar-refractivity contribution in [3.63, 3.8) is 0 Å². The number of aryl methyl sites for hydroxylation is 1. The zero-order valence-corrected chi connectivity index (χ0v) is 17.6. The van der Waals surface area contributed by atoms with Crippen LogP contribution in [0, 0.1) is 0 Å². The van der Waals surface area contributed by atoms with Crippen molar-refractivity contribution in [3.8, 4) is 5.75 Å². The van der Waals surface area contributed by atoms with Crippen LogP contribution < -0.4 is 9.88 Å². The quantitative estimate of drug-likeness (QED) is 0.644. The van der Waals surface area contributed by atoms with Gasteiger partial charge in [0, 0.05) is 4.47 Å². The number of alkyl halides is 3. The average Bonchev–Trinajstić information content (AvgIpc) is 2.65. The van der Waals surface area contributed by atoms with Crippen LogP contribution in [0.2, 0.25) is 0 Å². The van der Waals surface area contributed by atoms with Crippen LogP contribution in [0.5, 0.6) is 5.75 Å². The molecule has 0 bridgehead atoms. The minimum absolute atomic E-state index is 0.00125. The topological polar surface area (TPSA) is 86.5 Å². The van der Waals surface area contributed by atoms with Crippen molar-refractivity contribution in [2.75, 3.05) is 6.61 Å². The Morgan fingerprint density at radius 2 is 1.83 bits per heavy atom. The van der Waals surface area contributed by atoms with Crippen LogP contribution in [-0.2, 0) is 33.8 Å². The summed E-state index contributed by atoms with van der Waals surface area (Å²) >= 11 is 2.78. The zero-order valence-electron chi connectivity index (χ0n) is 15.2. The Bertz CT molecular complexity index is 978. The third-order valence-corrected chi connectivity index (χ3v) is 5.54. The Balaban J connectivity index is 0.000000207. The first-order valence-corrected chi connectivity index (χ1v) is 10.9. The largest absolute Gasteiger partial charge is 0.486 e. The molecule has 2 N–H and O–H groups in total. The normalized spacial score (nSPS) is 13.7. The van der Waals surface area contributed by atoms with E-state index in [1.165, 1.54) is 24.0 Å². The summed E-state index contributed by atoms with van der Waals surface area (Å²) in [6, 6.07) is 8.37. The molecule has 0 saturated heterocycles. The van der Waals surface area contributed by atoms with Gasteiger partial charge in [0.1, 0.15) is 12.4 Å². The maximum Gasteiger partial charge on any atom is 0.416 e. The Morgan fingerprint density at radius 1 is 1.14 bits per heavy atom. The molecule has 0 saturated carbocycles. The standard InChI is InChI=1S/C12H14O2.C7H5BrF3NO2S/c13-8-9-14-12-7-3-5-10-4-1-2-6-11(10)12;8-5-1-4(7(9,10)11)2-6(3-5)15(12,13)14/h3,5,7-8H,1-2,4,6,9H2;1-3H,(H2,12,13,14). The van der Waals surface area contributed by atoms with Crippen molar-refractivity contribution in [3.05, 3.63) is 57.6 Å². The first-order chi connectivity index (χ1) is 13.5. The van der Waals surface area contributed by atoms with Gasteiger partial charge in [-0.25, -0.2) is 13.6 Å². The number of halogens is 4. The van der Waals surface area contributed by atoms with Gasteiger partial charge in [0.2, 0.25) is 10.0 Å². The highest BCUT2D eigenvalue weighted by Crippen LogP contribution is 2.33. The Labute approximate surface area is 175 Å². The molecule has 10 heteroatoms. The Kier molecular flexibility index (Phi) is 7.84. The average molecular weight is 494 g/mol. The van der Waals surface area contributed by atoms with Gasteiger partial charge >= 0.3 is 6.18 Å². The summed E-state index contributed by atoms with van der Waals surface area (Å²) in [6.07, 6.45) is 0.919. The van der Waals surface area contributed by atoms with Crippen molar-refractivity contribution in [1.29, 1.82) is 0 Å². The van der Waals surface area contributed by atoms with E-state index in [9.17, 15) is 26.4 Å². The van der Waals surface area contributed by atoms with Gasteiger partial charge in [0.25, 0.3) is 0 Å². The summed E-state index contributed by atoms with van der Waals surface area (Å²) < 4.78 is 63.9. The van der Waals surface area contributed by atoms with Gasteiger partial charge in [-0.15, -0.1) is 0 Å². The second kappa shape index (κ2) is 9.73. The minimum Gasteiger partial charge on any atom is -0.486 e. The summed E-state index contributed by atoms with van der Waals surface area (Å²) in [7, 11) is -4.14. The molecule has 0 aromatic heterocycles. The third-order valence-electron chi connectivity index (χ3n) is 4.19.